The molecule has 2 nitrogen and oxygen atoms in total. The quantitative estimate of drug-likeness (QED) is 0.338. The van der Waals surface area contributed by atoms with Crippen LogP contribution in [0.5, 0.6) is 0 Å². The van der Waals surface area contributed by atoms with Crippen LogP contribution in [0.1, 0.15) is 46.2 Å². The summed E-state index contributed by atoms with van der Waals surface area (Å²) < 4.78 is 12.5. The zero-order valence-electron chi connectivity index (χ0n) is 17.7. The van der Waals surface area contributed by atoms with Crippen LogP contribution >= 0.6 is 0 Å². The van der Waals surface area contributed by atoms with E-state index in [1.54, 1.807) is 18.2 Å². The van der Waals surface area contributed by atoms with Crippen molar-refractivity contribution in [1.29, 1.82) is 0 Å². The molecule has 0 N–H and O–H groups in total. The minimum atomic E-state index is -0.266. The third-order valence-electron chi connectivity index (χ3n) is 4.03. The average molecular weight is 382 g/mol. The van der Waals surface area contributed by atoms with E-state index in [-0.39, 0.29) is 26.2 Å². The molecule has 0 heterocycles. The molecule has 2 aromatic carbocycles. The van der Waals surface area contributed by atoms with Gasteiger partial charge in [0.25, 0.3) is 0 Å². The fraction of sp³-hybridized carbons (Fsp3) is 0.280. The van der Waals surface area contributed by atoms with Crippen LogP contribution in [-0.2, 0) is 16.0 Å². The summed E-state index contributed by atoms with van der Waals surface area (Å²) in [5, 5.41) is 0. The molecule has 0 spiro atoms. The molecule has 2 rings (SSSR count). The van der Waals surface area contributed by atoms with E-state index in [1.165, 1.54) is 29.3 Å². The monoisotopic (exact) mass is 381 g/mol. The molecule has 0 aliphatic heterocycles. The van der Waals surface area contributed by atoms with E-state index in [1.807, 2.05) is 13.8 Å². The second kappa shape index (κ2) is 12.4. The molecule has 0 aliphatic carbocycles. The molecule has 0 amide bonds. The molecule has 0 aromatic heterocycles. The Bertz CT molecular complexity index is 833. The van der Waals surface area contributed by atoms with Crippen molar-refractivity contribution in [2.24, 2.45) is 5.92 Å². The van der Waals surface area contributed by atoms with E-state index in [0.717, 1.165) is 18.4 Å². The topological polar surface area (TPSA) is 34.1 Å². The molecule has 2 aromatic rings. The van der Waals surface area contributed by atoms with Crippen molar-refractivity contribution >= 4 is 17.6 Å². The molecule has 0 saturated heterocycles. The second-order valence-electron chi connectivity index (χ2n) is 6.85. The number of hydrogen-bond acceptors (Lipinski definition) is 2. The summed E-state index contributed by atoms with van der Waals surface area (Å²) >= 11 is 0. The first-order valence-corrected chi connectivity index (χ1v) is 9.34. The largest absolute Gasteiger partial charge is 0.295 e. The zero-order chi connectivity index (χ0) is 20.9. The zero-order valence-corrected chi connectivity index (χ0v) is 16.7. The smallest absolute Gasteiger partial charge is 0.205 e. The van der Waals surface area contributed by atoms with Gasteiger partial charge in [-0.1, -0.05) is 61.9 Å². The van der Waals surface area contributed by atoms with Crippen LogP contribution < -0.4 is 0 Å². The van der Waals surface area contributed by atoms with Crippen molar-refractivity contribution in [2.45, 2.75) is 40.0 Å². The van der Waals surface area contributed by atoms with Gasteiger partial charge in [0.05, 0.1) is 0 Å². The Morgan fingerprint density at radius 2 is 1.75 bits per heavy atom. The van der Waals surface area contributed by atoms with E-state index in [4.69, 9.17) is 6.42 Å². The Balaban J connectivity index is 0. The molecular weight excluding hydrogens is 351 g/mol. The van der Waals surface area contributed by atoms with Crippen LogP contribution in [0.15, 0.2) is 54.6 Å². The van der Waals surface area contributed by atoms with Gasteiger partial charge in [0, 0.05) is 15.2 Å². The Kier molecular flexibility index (Phi) is 10.2. The number of carbonyl (C=O) groups is 2. The highest BCUT2D eigenvalue weighted by Gasteiger charge is 2.01. The molecule has 0 aliphatic rings. The van der Waals surface area contributed by atoms with Gasteiger partial charge in [0.1, 0.15) is 5.82 Å². The molecular formula is C25H30FO2. The van der Waals surface area contributed by atoms with Crippen LogP contribution in [-0.4, -0.2) is 11.6 Å². The summed E-state index contributed by atoms with van der Waals surface area (Å²) in [4.78, 5) is 22.0. The average Bonchev–Trinajstić information content (AvgIpc) is 2.69. The van der Waals surface area contributed by atoms with Gasteiger partial charge < -0.3 is 0 Å². The SMILES string of the molecule is C#CC(=O)CCCc1ccc(C)cc1.CC(C)C(=O)/C=C/c1ccc(F)cc1.[HH].[H]. The lowest BCUT2D eigenvalue weighted by atomic mass is 10.1. The summed E-state index contributed by atoms with van der Waals surface area (Å²) in [7, 11) is 0. The fourth-order valence-corrected chi connectivity index (χ4v) is 2.22. The number of benzene rings is 2. The number of allylic oxidation sites excluding steroid dienone is 1. The maximum Gasteiger partial charge on any atom is 0.205 e. The minimum Gasteiger partial charge on any atom is -0.295 e. The van der Waals surface area contributed by atoms with Crippen molar-refractivity contribution in [1.82, 2.24) is 0 Å². The van der Waals surface area contributed by atoms with E-state index in [9.17, 15) is 14.0 Å². The number of carbonyl (C=O) groups excluding carboxylic acids is 2. The van der Waals surface area contributed by atoms with Crippen LogP contribution in [0.2, 0.25) is 0 Å². The molecule has 3 heteroatoms. The lowest BCUT2D eigenvalue weighted by molar-refractivity contribution is -0.117. The number of ketones is 2. The summed E-state index contributed by atoms with van der Waals surface area (Å²) in [6.07, 6.45) is 10.4. The number of hydrogen-bond donors (Lipinski definition) is 0. The van der Waals surface area contributed by atoms with Gasteiger partial charge in [-0.25, -0.2) is 4.39 Å². The Hall–Kier alpha value is -2.99. The minimum absolute atomic E-state index is 0. The Labute approximate surface area is 170 Å². The molecule has 0 atom stereocenters. The number of terminal acetylenes is 1. The molecule has 149 valence electrons. The lowest BCUT2D eigenvalue weighted by Crippen LogP contribution is -2.01. The van der Waals surface area contributed by atoms with E-state index in [2.05, 4.69) is 37.1 Å². The highest BCUT2D eigenvalue weighted by atomic mass is 19.1. The van der Waals surface area contributed by atoms with Gasteiger partial charge >= 0.3 is 0 Å². The normalized spacial score (nSPS) is 10.3. The summed E-state index contributed by atoms with van der Waals surface area (Å²) in [5.74, 6) is 1.84. The molecule has 0 unspecified atom stereocenters. The third-order valence-corrected chi connectivity index (χ3v) is 4.03. The highest BCUT2D eigenvalue weighted by molar-refractivity contribution is 5.95. The predicted octanol–water partition coefficient (Wildman–Crippen LogP) is 5.94. The first kappa shape index (κ1) is 23.0. The van der Waals surface area contributed by atoms with E-state index >= 15 is 0 Å². The number of aryl methyl sites for hydroxylation is 2. The molecule has 1 radical (unpaired) electrons. The Morgan fingerprint density at radius 3 is 2.29 bits per heavy atom. The maximum atomic E-state index is 12.5. The predicted molar refractivity (Wildman–Crippen MR) is 116 cm³/mol. The molecule has 0 fully saturated rings. The van der Waals surface area contributed by atoms with E-state index in [0.29, 0.717) is 6.42 Å². The van der Waals surface area contributed by atoms with E-state index < -0.39 is 0 Å². The van der Waals surface area contributed by atoms with Crippen LogP contribution in [0, 0.1) is 31.0 Å². The summed E-state index contributed by atoms with van der Waals surface area (Å²) in [6, 6.07) is 14.4. The Morgan fingerprint density at radius 1 is 1.14 bits per heavy atom. The molecule has 0 saturated carbocycles. The lowest BCUT2D eigenvalue weighted by Gasteiger charge is -1.99. The number of Topliss-reactive ketones (excluding diaryl/α,β-unsaturated/α-hetero) is 1. The van der Waals surface area contributed by atoms with Crippen LogP contribution in [0.4, 0.5) is 4.39 Å². The van der Waals surface area contributed by atoms with Gasteiger partial charge in [-0.05, 0) is 55.0 Å². The van der Waals surface area contributed by atoms with Crippen molar-refractivity contribution in [2.75, 3.05) is 0 Å². The second-order valence-corrected chi connectivity index (χ2v) is 6.85. The molecule has 28 heavy (non-hydrogen) atoms. The van der Waals surface area contributed by atoms with Crippen LogP contribution in [0.3, 0.4) is 0 Å². The van der Waals surface area contributed by atoms with Gasteiger partial charge in [-0.3, -0.25) is 9.59 Å². The third kappa shape index (κ3) is 9.64. The summed E-state index contributed by atoms with van der Waals surface area (Å²) in [5.41, 5.74) is 3.36. The summed E-state index contributed by atoms with van der Waals surface area (Å²) in [6.45, 7) is 5.75. The maximum absolute atomic E-state index is 12.5. The number of rotatable bonds is 7. The van der Waals surface area contributed by atoms with Gasteiger partial charge in [-0.2, -0.15) is 0 Å². The molecule has 0 bridgehead atoms. The van der Waals surface area contributed by atoms with Crippen molar-refractivity contribution in [3.8, 4) is 12.3 Å². The van der Waals surface area contributed by atoms with Crippen molar-refractivity contribution in [3.63, 3.8) is 0 Å². The van der Waals surface area contributed by atoms with Gasteiger partial charge in [0.15, 0.2) is 5.78 Å². The van der Waals surface area contributed by atoms with Gasteiger partial charge in [0.2, 0.25) is 5.78 Å². The van der Waals surface area contributed by atoms with Crippen LogP contribution in [0.25, 0.3) is 6.08 Å². The van der Waals surface area contributed by atoms with Crippen molar-refractivity contribution in [3.05, 3.63) is 77.1 Å². The van der Waals surface area contributed by atoms with Gasteiger partial charge in [-0.15, -0.1) is 6.42 Å². The highest BCUT2D eigenvalue weighted by Crippen LogP contribution is 2.07. The fourth-order valence-electron chi connectivity index (χ4n) is 2.22. The first-order chi connectivity index (χ1) is 13.3. The number of halogens is 1. The first-order valence-electron chi connectivity index (χ1n) is 9.34. The van der Waals surface area contributed by atoms with Crippen molar-refractivity contribution < 1.29 is 16.8 Å². The standard InChI is InChI=1S/C13H14O.C12H13FO.H2.H/c1-3-13(14)6-4-5-12-9-7-11(2)8-10-12;1-9(2)12(14)8-5-10-3-6-11(13)7-4-10;;/h1,7-10H,4-6H2,2H3;3-9H,1-2H3;1H;/b;8-5+;;.